The molecule has 0 amide bonds. The predicted molar refractivity (Wildman–Crippen MR) is 42.0 cm³/mol. The fraction of sp³-hybridized carbons (Fsp3) is 0.400. The van der Waals surface area contributed by atoms with Gasteiger partial charge in [0.2, 0.25) is 0 Å². The monoisotopic (exact) mass is 358 g/mol. The van der Waals surface area contributed by atoms with Gasteiger partial charge < -0.3 is 0 Å². The molecule has 0 unspecified atom stereocenters. The Bertz CT molecular complexity index is 253. The molecular formula is C10H11Ac-. The molecule has 1 aliphatic rings. The summed E-state index contributed by atoms with van der Waals surface area (Å²) in [6.07, 6.45) is 3.85. The van der Waals surface area contributed by atoms with Gasteiger partial charge in [-0.15, -0.1) is 5.56 Å². The van der Waals surface area contributed by atoms with Gasteiger partial charge in [0.15, 0.2) is 0 Å². The van der Waals surface area contributed by atoms with E-state index in [4.69, 9.17) is 0 Å². The molecule has 1 aromatic rings. The van der Waals surface area contributed by atoms with Crippen LogP contribution in [0.4, 0.5) is 0 Å². The fourth-order valence-electron chi connectivity index (χ4n) is 1.71. The van der Waals surface area contributed by atoms with Crippen LogP contribution < -0.4 is 0 Å². The summed E-state index contributed by atoms with van der Waals surface area (Å²) in [5.74, 6) is 0. The van der Waals surface area contributed by atoms with Crippen LogP contribution in [0.15, 0.2) is 12.1 Å². The van der Waals surface area contributed by atoms with E-state index in [2.05, 4.69) is 19.1 Å². The summed E-state index contributed by atoms with van der Waals surface area (Å²) in [5.41, 5.74) is 4.47. The molecule has 0 spiro atoms. The predicted octanol–water partition coefficient (Wildman–Crippen LogP) is 2.28. The largest absolute Gasteiger partial charge is 0.180 e. The molecule has 11 heavy (non-hydrogen) atoms. The SMILES string of the molecule is Cc1cc[c-]c2c1CCC2.[Ac]. The third kappa shape index (κ3) is 1.87. The van der Waals surface area contributed by atoms with Gasteiger partial charge in [0.1, 0.15) is 0 Å². The molecule has 0 saturated carbocycles. The maximum absolute atomic E-state index is 3.29. The van der Waals surface area contributed by atoms with E-state index in [1.165, 1.54) is 30.4 Å². The van der Waals surface area contributed by atoms with Crippen LogP contribution in [0.5, 0.6) is 0 Å². The van der Waals surface area contributed by atoms with Crippen molar-refractivity contribution in [3.63, 3.8) is 0 Å². The maximum atomic E-state index is 3.29. The van der Waals surface area contributed by atoms with Crippen molar-refractivity contribution in [1.82, 2.24) is 0 Å². The Hall–Kier alpha value is 0.662. The van der Waals surface area contributed by atoms with Crippen molar-refractivity contribution in [2.75, 3.05) is 0 Å². The van der Waals surface area contributed by atoms with Gasteiger partial charge in [-0.1, -0.05) is 26.2 Å². The second-order valence-corrected chi connectivity index (χ2v) is 2.97. The van der Waals surface area contributed by atoms with Crippen molar-refractivity contribution in [3.05, 3.63) is 34.9 Å². The van der Waals surface area contributed by atoms with Crippen LogP contribution in [0.25, 0.3) is 0 Å². The molecule has 0 saturated heterocycles. The van der Waals surface area contributed by atoms with Crippen LogP contribution in [0.2, 0.25) is 0 Å². The van der Waals surface area contributed by atoms with Gasteiger partial charge >= 0.3 is 0 Å². The minimum atomic E-state index is 0. The van der Waals surface area contributed by atoms with E-state index >= 15 is 0 Å². The molecule has 0 fully saturated rings. The summed E-state index contributed by atoms with van der Waals surface area (Å²) in [6.45, 7) is 2.19. The number of hydrogen-bond donors (Lipinski definition) is 0. The van der Waals surface area contributed by atoms with Crippen molar-refractivity contribution in [2.45, 2.75) is 26.2 Å². The van der Waals surface area contributed by atoms with Crippen LogP contribution in [0.3, 0.4) is 0 Å². The van der Waals surface area contributed by atoms with Crippen molar-refractivity contribution in [2.24, 2.45) is 0 Å². The maximum Gasteiger partial charge on any atom is 0 e. The van der Waals surface area contributed by atoms with E-state index in [1.54, 1.807) is 5.56 Å². The molecule has 2 rings (SSSR count). The molecule has 1 heteroatoms. The first-order chi connectivity index (χ1) is 4.88. The smallest absolute Gasteiger partial charge is 0 e. The quantitative estimate of drug-likeness (QED) is 0.625. The summed E-state index contributed by atoms with van der Waals surface area (Å²) in [6, 6.07) is 7.49. The molecular weight excluding hydrogens is 347 g/mol. The van der Waals surface area contributed by atoms with Gasteiger partial charge in [-0.25, -0.2) is 0 Å². The summed E-state index contributed by atoms with van der Waals surface area (Å²) < 4.78 is 0. The molecule has 0 aliphatic heterocycles. The second-order valence-electron chi connectivity index (χ2n) is 2.97. The molecule has 1 aliphatic carbocycles. The van der Waals surface area contributed by atoms with Gasteiger partial charge in [-0.05, 0) is 0 Å². The van der Waals surface area contributed by atoms with E-state index in [1.807, 2.05) is 6.07 Å². The number of aryl methyl sites for hydroxylation is 2. The normalized spacial score (nSPS) is 13.9. The topological polar surface area (TPSA) is 0 Å². The Morgan fingerprint density at radius 1 is 1.36 bits per heavy atom. The van der Waals surface area contributed by atoms with Crippen molar-refractivity contribution in [1.29, 1.82) is 0 Å². The fourth-order valence-corrected chi connectivity index (χ4v) is 1.71. The number of fused-ring (bicyclic) bond motifs is 1. The van der Waals surface area contributed by atoms with E-state index in [9.17, 15) is 0 Å². The Morgan fingerprint density at radius 2 is 2.18 bits per heavy atom. The third-order valence-corrected chi connectivity index (χ3v) is 2.28. The van der Waals surface area contributed by atoms with E-state index in [0.29, 0.717) is 0 Å². The minimum Gasteiger partial charge on any atom is -0.180 e. The second kappa shape index (κ2) is 4.06. The first-order valence-electron chi connectivity index (χ1n) is 3.87. The van der Waals surface area contributed by atoms with Crippen LogP contribution in [-0.2, 0) is 12.8 Å². The summed E-state index contributed by atoms with van der Waals surface area (Å²) in [7, 11) is 0. The first-order valence-corrected chi connectivity index (χ1v) is 3.87. The van der Waals surface area contributed by atoms with E-state index in [-0.39, 0.29) is 44.1 Å². The van der Waals surface area contributed by atoms with Crippen molar-refractivity contribution < 1.29 is 44.1 Å². The van der Waals surface area contributed by atoms with Crippen LogP contribution in [0.1, 0.15) is 23.1 Å². The standard InChI is InChI=1S/C10H11.Ac/c1-8-4-2-5-9-6-3-7-10(8)9;/h2,4H,3,6-7H2,1H3;/q-1;. The van der Waals surface area contributed by atoms with Gasteiger partial charge in [0, 0.05) is 44.1 Å². The van der Waals surface area contributed by atoms with Crippen molar-refractivity contribution >= 4 is 0 Å². The first kappa shape index (κ1) is 9.75. The Morgan fingerprint density at radius 3 is 2.91 bits per heavy atom. The molecule has 0 heterocycles. The molecule has 0 aromatic heterocycles. The molecule has 1 radical (unpaired) electrons. The molecule has 1 aromatic carbocycles. The van der Waals surface area contributed by atoms with Gasteiger partial charge in [0.25, 0.3) is 0 Å². The Kier molecular flexibility index (Phi) is 3.60. The van der Waals surface area contributed by atoms with Gasteiger partial charge in [-0.2, -0.15) is 29.3 Å². The van der Waals surface area contributed by atoms with E-state index < -0.39 is 0 Å². The molecule has 0 nitrogen and oxygen atoms in total. The van der Waals surface area contributed by atoms with Crippen LogP contribution in [-0.4, -0.2) is 0 Å². The van der Waals surface area contributed by atoms with Crippen LogP contribution in [0, 0.1) is 57.1 Å². The minimum absolute atomic E-state index is 0. The van der Waals surface area contributed by atoms with Crippen molar-refractivity contribution in [3.8, 4) is 0 Å². The van der Waals surface area contributed by atoms with Crippen LogP contribution >= 0.6 is 0 Å². The Balaban J connectivity index is 0.000000605. The van der Waals surface area contributed by atoms with E-state index in [0.717, 1.165) is 0 Å². The zero-order valence-corrected chi connectivity index (χ0v) is 11.6. The summed E-state index contributed by atoms with van der Waals surface area (Å²) in [5, 5.41) is 0. The molecule has 0 atom stereocenters. The van der Waals surface area contributed by atoms with Gasteiger partial charge in [0.05, 0.1) is 0 Å². The Labute approximate surface area is 104 Å². The third-order valence-electron chi connectivity index (χ3n) is 2.28. The zero-order chi connectivity index (χ0) is 6.97. The average molecular weight is 358 g/mol. The zero-order valence-electron chi connectivity index (χ0n) is 6.85. The number of hydrogen-bond acceptors (Lipinski definition) is 0. The molecule has 0 N–H and O–H groups in total. The summed E-state index contributed by atoms with van der Waals surface area (Å²) >= 11 is 0. The summed E-state index contributed by atoms with van der Waals surface area (Å²) in [4.78, 5) is 0. The molecule has 0 bridgehead atoms. The molecule has 55 valence electrons. The number of benzene rings is 1. The van der Waals surface area contributed by atoms with Gasteiger partial charge in [-0.3, -0.25) is 0 Å². The number of rotatable bonds is 0. The average Bonchev–Trinajstić information content (AvgIpc) is 2.36.